The second-order valence-corrected chi connectivity index (χ2v) is 7.18. The lowest BCUT2D eigenvalue weighted by molar-refractivity contribution is 0.200. The Morgan fingerprint density at radius 3 is 2.84 bits per heavy atom. The summed E-state index contributed by atoms with van der Waals surface area (Å²) in [4.78, 5) is 4.20. The van der Waals surface area contributed by atoms with Crippen molar-refractivity contribution in [2.75, 3.05) is 6.61 Å². The normalized spacial score (nSPS) is 14.0. The SMILES string of the molecule is CC(C)C[C@@](C)(N)COc1ccc(-c2ccnc3[nH]ncc23)cc1F. The first-order valence-electron chi connectivity index (χ1n) is 8.35. The summed E-state index contributed by atoms with van der Waals surface area (Å²) in [6, 6.07) is 6.78. The fourth-order valence-electron chi connectivity index (χ4n) is 3.12. The summed E-state index contributed by atoms with van der Waals surface area (Å²) in [6.45, 7) is 6.40. The first kappa shape index (κ1) is 17.4. The van der Waals surface area contributed by atoms with E-state index in [1.54, 1.807) is 18.5 Å². The molecule has 1 atom stereocenters. The van der Waals surface area contributed by atoms with Gasteiger partial charge in [0.05, 0.1) is 6.20 Å². The van der Waals surface area contributed by atoms with Gasteiger partial charge in [0, 0.05) is 17.1 Å². The Balaban J connectivity index is 1.81. The molecule has 2 aromatic heterocycles. The summed E-state index contributed by atoms with van der Waals surface area (Å²) in [6.07, 6.45) is 4.16. The van der Waals surface area contributed by atoms with E-state index in [1.807, 2.05) is 19.1 Å². The Morgan fingerprint density at radius 2 is 2.12 bits per heavy atom. The topological polar surface area (TPSA) is 76.8 Å². The number of halogens is 1. The van der Waals surface area contributed by atoms with Crippen LogP contribution in [0.2, 0.25) is 0 Å². The van der Waals surface area contributed by atoms with Crippen molar-refractivity contribution in [2.24, 2.45) is 11.7 Å². The minimum absolute atomic E-state index is 0.210. The van der Waals surface area contributed by atoms with Gasteiger partial charge in [0.15, 0.2) is 17.2 Å². The van der Waals surface area contributed by atoms with Crippen LogP contribution in [0.4, 0.5) is 4.39 Å². The number of aromatic nitrogens is 3. The van der Waals surface area contributed by atoms with Crippen LogP contribution in [0.5, 0.6) is 5.75 Å². The molecule has 0 fully saturated rings. The van der Waals surface area contributed by atoms with Gasteiger partial charge in [-0.25, -0.2) is 9.37 Å². The number of pyridine rings is 1. The molecule has 2 heterocycles. The molecular formula is C19H23FN4O. The van der Waals surface area contributed by atoms with Crippen LogP contribution >= 0.6 is 0 Å². The number of nitrogens with one attached hydrogen (secondary N) is 1. The van der Waals surface area contributed by atoms with Gasteiger partial charge in [0.2, 0.25) is 0 Å². The van der Waals surface area contributed by atoms with E-state index in [0.29, 0.717) is 11.6 Å². The minimum atomic E-state index is -0.493. The largest absolute Gasteiger partial charge is 0.489 e. The highest BCUT2D eigenvalue weighted by Gasteiger charge is 2.22. The van der Waals surface area contributed by atoms with Crippen molar-refractivity contribution in [2.45, 2.75) is 32.7 Å². The number of nitrogens with zero attached hydrogens (tertiary/aromatic N) is 2. The zero-order valence-corrected chi connectivity index (χ0v) is 14.7. The molecule has 0 aliphatic heterocycles. The fourth-order valence-corrected chi connectivity index (χ4v) is 3.12. The third kappa shape index (κ3) is 3.96. The predicted octanol–water partition coefficient (Wildman–Crippen LogP) is 3.91. The molecule has 0 saturated heterocycles. The number of hydrogen-bond acceptors (Lipinski definition) is 4. The first-order valence-corrected chi connectivity index (χ1v) is 8.35. The second-order valence-electron chi connectivity index (χ2n) is 7.18. The van der Waals surface area contributed by atoms with Crippen LogP contribution in [-0.2, 0) is 0 Å². The number of nitrogens with two attached hydrogens (primary N) is 1. The third-order valence-corrected chi connectivity index (χ3v) is 4.03. The maximum atomic E-state index is 14.5. The van der Waals surface area contributed by atoms with Crippen molar-refractivity contribution in [3.8, 4) is 16.9 Å². The molecule has 5 nitrogen and oxygen atoms in total. The monoisotopic (exact) mass is 342 g/mol. The molecular weight excluding hydrogens is 319 g/mol. The molecule has 0 aliphatic carbocycles. The zero-order chi connectivity index (χ0) is 18.0. The number of fused-ring (bicyclic) bond motifs is 1. The van der Waals surface area contributed by atoms with Gasteiger partial charge in [0.25, 0.3) is 0 Å². The summed E-state index contributed by atoms with van der Waals surface area (Å²) < 4.78 is 20.1. The lowest BCUT2D eigenvalue weighted by atomic mass is 9.93. The summed E-state index contributed by atoms with van der Waals surface area (Å²) in [5.41, 5.74) is 8.02. The summed E-state index contributed by atoms with van der Waals surface area (Å²) >= 11 is 0. The van der Waals surface area contributed by atoms with Crippen LogP contribution in [0.3, 0.4) is 0 Å². The average Bonchev–Trinajstić information content (AvgIpc) is 3.01. The number of hydrogen-bond donors (Lipinski definition) is 2. The Labute approximate surface area is 146 Å². The minimum Gasteiger partial charge on any atom is -0.489 e. The third-order valence-electron chi connectivity index (χ3n) is 4.03. The molecule has 0 amide bonds. The van der Waals surface area contributed by atoms with Crippen molar-refractivity contribution in [1.29, 1.82) is 0 Å². The molecule has 0 spiro atoms. The second kappa shape index (κ2) is 6.80. The highest BCUT2D eigenvalue weighted by Crippen LogP contribution is 2.30. The van der Waals surface area contributed by atoms with E-state index in [4.69, 9.17) is 10.5 Å². The highest BCUT2D eigenvalue weighted by molar-refractivity contribution is 5.92. The molecule has 3 rings (SSSR count). The summed E-state index contributed by atoms with van der Waals surface area (Å²) in [7, 11) is 0. The van der Waals surface area contributed by atoms with Crippen LogP contribution in [0.25, 0.3) is 22.2 Å². The van der Waals surface area contributed by atoms with E-state index in [9.17, 15) is 4.39 Å². The van der Waals surface area contributed by atoms with Gasteiger partial charge in [-0.15, -0.1) is 0 Å². The lowest BCUT2D eigenvalue weighted by Crippen LogP contribution is -2.43. The maximum Gasteiger partial charge on any atom is 0.165 e. The lowest BCUT2D eigenvalue weighted by Gasteiger charge is -2.26. The van der Waals surface area contributed by atoms with Gasteiger partial charge in [-0.3, -0.25) is 5.10 Å². The highest BCUT2D eigenvalue weighted by atomic mass is 19.1. The zero-order valence-electron chi connectivity index (χ0n) is 14.7. The van der Waals surface area contributed by atoms with Crippen molar-refractivity contribution in [3.63, 3.8) is 0 Å². The molecule has 0 aliphatic rings. The molecule has 0 bridgehead atoms. The molecule has 0 unspecified atom stereocenters. The van der Waals surface area contributed by atoms with E-state index in [2.05, 4.69) is 29.0 Å². The van der Waals surface area contributed by atoms with Crippen LogP contribution in [0, 0.1) is 11.7 Å². The van der Waals surface area contributed by atoms with Crippen molar-refractivity contribution in [1.82, 2.24) is 15.2 Å². The molecule has 0 radical (unpaired) electrons. The fraction of sp³-hybridized carbons (Fsp3) is 0.368. The molecule has 1 aromatic carbocycles. The Hall–Kier alpha value is -2.47. The van der Waals surface area contributed by atoms with Gasteiger partial charge in [-0.05, 0) is 48.6 Å². The first-order chi connectivity index (χ1) is 11.9. The standard InChI is InChI=1S/C19H23FN4O/c1-12(2)9-19(3,21)11-25-17-5-4-13(8-16(17)20)14-6-7-22-18-15(14)10-23-24-18/h4-8,10,12H,9,11,21H2,1-3H3,(H,22,23,24)/t19-/m1/s1. The molecule has 25 heavy (non-hydrogen) atoms. The van der Waals surface area contributed by atoms with E-state index in [-0.39, 0.29) is 12.4 Å². The van der Waals surface area contributed by atoms with Crippen LogP contribution in [-0.4, -0.2) is 27.3 Å². The van der Waals surface area contributed by atoms with E-state index in [0.717, 1.165) is 22.9 Å². The van der Waals surface area contributed by atoms with Gasteiger partial charge in [0.1, 0.15) is 6.61 Å². The molecule has 132 valence electrons. The molecule has 3 N–H and O–H groups in total. The Morgan fingerprint density at radius 1 is 1.32 bits per heavy atom. The predicted molar refractivity (Wildman–Crippen MR) is 96.8 cm³/mol. The number of ether oxygens (including phenoxy) is 1. The van der Waals surface area contributed by atoms with Gasteiger partial charge in [-0.1, -0.05) is 19.9 Å². The maximum absolute atomic E-state index is 14.5. The Bertz CT molecular complexity index is 873. The summed E-state index contributed by atoms with van der Waals surface area (Å²) in [5, 5.41) is 7.65. The smallest absolute Gasteiger partial charge is 0.165 e. The molecule has 0 saturated carbocycles. The van der Waals surface area contributed by atoms with Crippen LogP contribution in [0.15, 0.2) is 36.7 Å². The number of H-pyrrole nitrogens is 1. The average molecular weight is 342 g/mol. The van der Waals surface area contributed by atoms with E-state index >= 15 is 0 Å². The van der Waals surface area contributed by atoms with Crippen LogP contribution in [0.1, 0.15) is 27.2 Å². The quantitative estimate of drug-likeness (QED) is 0.712. The van der Waals surface area contributed by atoms with Crippen molar-refractivity contribution < 1.29 is 9.13 Å². The number of benzene rings is 1. The van der Waals surface area contributed by atoms with Crippen molar-refractivity contribution >= 4 is 11.0 Å². The Kier molecular flexibility index (Phi) is 4.72. The number of aromatic amines is 1. The molecule has 3 aromatic rings. The van der Waals surface area contributed by atoms with E-state index in [1.165, 1.54) is 6.07 Å². The van der Waals surface area contributed by atoms with Gasteiger partial charge >= 0.3 is 0 Å². The van der Waals surface area contributed by atoms with Crippen molar-refractivity contribution in [3.05, 3.63) is 42.5 Å². The van der Waals surface area contributed by atoms with E-state index < -0.39 is 11.4 Å². The number of rotatable bonds is 6. The van der Waals surface area contributed by atoms with Crippen LogP contribution < -0.4 is 10.5 Å². The van der Waals surface area contributed by atoms with Gasteiger partial charge in [-0.2, -0.15) is 5.10 Å². The summed E-state index contributed by atoms with van der Waals surface area (Å²) in [5.74, 6) is 0.253. The van der Waals surface area contributed by atoms with Gasteiger partial charge < -0.3 is 10.5 Å². The molecule has 6 heteroatoms.